The zero-order valence-electron chi connectivity index (χ0n) is 16.3. The first-order valence-electron chi connectivity index (χ1n) is 9.54. The molecule has 0 spiro atoms. The molecule has 1 aliphatic carbocycles. The number of nitrogens with one attached hydrogen (secondary N) is 3. The third-order valence-corrected chi connectivity index (χ3v) is 5.81. The third-order valence-electron chi connectivity index (χ3n) is 4.12. The second kappa shape index (κ2) is 13.0. The molecule has 2 rings (SSSR count). The molecule has 1 fully saturated rings. The Kier molecular flexibility index (Phi) is 11.4. The summed E-state index contributed by atoms with van der Waals surface area (Å²) in [5, 5.41) is 9.16. The van der Waals surface area contributed by atoms with Gasteiger partial charge in [-0.25, -0.2) is 8.42 Å². The number of amides is 1. The molecule has 0 heterocycles. The number of carbonyl (C=O) groups is 1. The maximum Gasteiger partial charge on any atom is 0.223 e. The van der Waals surface area contributed by atoms with Gasteiger partial charge in [-0.05, 0) is 31.7 Å². The van der Waals surface area contributed by atoms with E-state index >= 15 is 0 Å². The van der Waals surface area contributed by atoms with Crippen LogP contribution >= 0.6 is 24.0 Å². The van der Waals surface area contributed by atoms with Gasteiger partial charge in [0, 0.05) is 32.1 Å². The van der Waals surface area contributed by atoms with E-state index < -0.39 is 9.84 Å². The van der Waals surface area contributed by atoms with Crippen LogP contribution in [0.1, 0.15) is 31.7 Å². The SMILES string of the molecule is CCNC(=NCCCS(=O)(=O)Cc1ccccc1)NCCNC(=O)C1CC1.I. The lowest BCUT2D eigenvalue weighted by atomic mass is 10.2. The minimum absolute atomic E-state index is 0. The summed E-state index contributed by atoms with van der Waals surface area (Å²) in [5.74, 6) is 1.16. The molecular formula is C19H31IN4O3S. The van der Waals surface area contributed by atoms with Gasteiger partial charge in [0.1, 0.15) is 0 Å². The number of guanidine groups is 1. The molecule has 3 N–H and O–H groups in total. The van der Waals surface area contributed by atoms with Crippen molar-refractivity contribution >= 4 is 45.7 Å². The van der Waals surface area contributed by atoms with Crippen molar-refractivity contribution in [1.29, 1.82) is 0 Å². The highest BCUT2D eigenvalue weighted by Crippen LogP contribution is 2.28. The smallest absolute Gasteiger partial charge is 0.223 e. The van der Waals surface area contributed by atoms with Gasteiger partial charge in [0.25, 0.3) is 0 Å². The van der Waals surface area contributed by atoms with Gasteiger partial charge in [0.05, 0.1) is 11.5 Å². The lowest BCUT2D eigenvalue weighted by Crippen LogP contribution is -2.41. The van der Waals surface area contributed by atoms with E-state index in [1.807, 2.05) is 37.3 Å². The molecule has 1 saturated carbocycles. The monoisotopic (exact) mass is 522 g/mol. The molecule has 0 atom stereocenters. The molecule has 0 radical (unpaired) electrons. The number of sulfone groups is 1. The van der Waals surface area contributed by atoms with Gasteiger partial charge >= 0.3 is 0 Å². The van der Waals surface area contributed by atoms with Crippen LogP contribution in [-0.4, -0.2) is 52.2 Å². The lowest BCUT2D eigenvalue weighted by Gasteiger charge is -2.12. The number of benzene rings is 1. The summed E-state index contributed by atoms with van der Waals surface area (Å²) in [6, 6.07) is 9.21. The Morgan fingerprint density at radius 2 is 1.79 bits per heavy atom. The van der Waals surface area contributed by atoms with Crippen LogP contribution in [0.3, 0.4) is 0 Å². The quantitative estimate of drug-likeness (QED) is 0.178. The Balaban J connectivity index is 0.00000392. The molecule has 1 aromatic rings. The van der Waals surface area contributed by atoms with E-state index in [0.29, 0.717) is 38.6 Å². The van der Waals surface area contributed by atoms with Crippen LogP contribution in [0.4, 0.5) is 0 Å². The molecule has 1 aliphatic rings. The molecule has 0 aliphatic heterocycles. The Morgan fingerprint density at radius 3 is 2.43 bits per heavy atom. The number of hydrogen-bond donors (Lipinski definition) is 3. The average molecular weight is 522 g/mol. The van der Waals surface area contributed by atoms with Gasteiger partial charge in [-0.1, -0.05) is 30.3 Å². The number of hydrogen-bond acceptors (Lipinski definition) is 4. The van der Waals surface area contributed by atoms with Crippen molar-refractivity contribution in [2.24, 2.45) is 10.9 Å². The maximum atomic E-state index is 12.2. The van der Waals surface area contributed by atoms with Crippen LogP contribution in [0.5, 0.6) is 0 Å². The highest BCUT2D eigenvalue weighted by molar-refractivity contribution is 14.0. The molecule has 0 unspecified atom stereocenters. The zero-order valence-corrected chi connectivity index (χ0v) is 19.5. The molecule has 1 amide bonds. The number of aliphatic imine (C=N–C) groups is 1. The number of rotatable bonds is 11. The fourth-order valence-corrected chi connectivity index (χ4v) is 3.99. The average Bonchev–Trinajstić information content (AvgIpc) is 3.47. The fourth-order valence-electron chi connectivity index (χ4n) is 2.57. The maximum absolute atomic E-state index is 12.2. The second-order valence-corrected chi connectivity index (χ2v) is 8.87. The van der Waals surface area contributed by atoms with Gasteiger partial charge in [-0.3, -0.25) is 9.79 Å². The van der Waals surface area contributed by atoms with Crippen LogP contribution in [-0.2, 0) is 20.4 Å². The van der Waals surface area contributed by atoms with E-state index in [9.17, 15) is 13.2 Å². The summed E-state index contributed by atoms with van der Waals surface area (Å²) in [4.78, 5) is 16.0. The van der Waals surface area contributed by atoms with Gasteiger partial charge < -0.3 is 16.0 Å². The molecule has 28 heavy (non-hydrogen) atoms. The van der Waals surface area contributed by atoms with Crippen LogP contribution in [0, 0.1) is 5.92 Å². The molecule has 9 heteroatoms. The molecule has 0 saturated heterocycles. The highest BCUT2D eigenvalue weighted by Gasteiger charge is 2.28. The number of carbonyl (C=O) groups excluding carboxylic acids is 1. The van der Waals surface area contributed by atoms with Gasteiger partial charge in [-0.2, -0.15) is 0 Å². The summed E-state index contributed by atoms with van der Waals surface area (Å²) in [7, 11) is -3.14. The normalized spacial score (nSPS) is 14.1. The number of halogens is 1. The van der Waals surface area contributed by atoms with Crippen molar-refractivity contribution in [3.63, 3.8) is 0 Å². The summed E-state index contributed by atoms with van der Waals surface area (Å²) < 4.78 is 24.4. The van der Waals surface area contributed by atoms with E-state index in [1.54, 1.807) is 0 Å². The molecule has 0 aromatic heterocycles. The molecule has 0 bridgehead atoms. The Labute approximate surface area is 185 Å². The van der Waals surface area contributed by atoms with Gasteiger partial charge in [-0.15, -0.1) is 24.0 Å². The Hall–Kier alpha value is -1.36. The fraction of sp³-hybridized carbons (Fsp3) is 0.579. The largest absolute Gasteiger partial charge is 0.357 e. The van der Waals surface area contributed by atoms with Crippen molar-refractivity contribution in [2.45, 2.75) is 31.9 Å². The van der Waals surface area contributed by atoms with Crippen LogP contribution in [0.2, 0.25) is 0 Å². The van der Waals surface area contributed by atoms with Crippen molar-refractivity contribution < 1.29 is 13.2 Å². The predicted octanol–water partition coefficient (Wildman–Crippen LogP) is 1.69. The van der Waals surface area contributed by atoms with E-state index in [4.69, 9.17) is 0 Å². The van der Waals surface area contributed by atoms with Crippen LogP contribution in [0.15, 0.2) is 35.3 Å². The van der Waals surface area contributed by atoms with E-state index in [1.165, 1.54) is 0 Å². The standard InChI is InChI=1S/C19H30N4O3S.HI/c1-2-20-19(23-13-12-21-18(24)17-9-10-17)22-11-6-14-27(25,26)15-16-7-4-3-5-8-16;/h3-5,7-8,17H,2,6,9-15H2,1H3,(H,21,24)(H2,20,22,23);1H. The molecular weight excluding hydrogens is 491 g/mol. The summed E-state index contributed by atoms with van der Waals surface area (Å²) >= 11 is 0. The summed E-state index contributed by atoms with van der Waals surface area (Å²) in [5.41, 5.74) is 0.809. The molecule has 1 aromatic carbocycles. The summed E-state index contributed by atoms with van der Waals surface area (Å²) in [6.45, 7) is 4.24. The molecule has 158 valence electrons. The summed E-state index contributed by atoms with van der Waals surface area (Å²) in [6.07, 6.45) is 2.47. The van der Waals surface area contributed by atoms with E-state index in [0.717, 1.165) is 18.4 Å². The predicted molar refractivity (Wildman–Crippen MR) is 124 cm³/mol. The van der Waals surface area contributed by atoms with Crippen molar-refractivity contribution in [3.8, 4) is 0 Å². The third kappa shape index (κ3) is 10.3. The molecule has 7 nitrogen and oxygen atoms in total. The topological polar surface area (TPSA) is 99.7 Å². The Bertz CT molecular complexity index is 722. The van der Waals surface area contributed by atoms with Crippen molar-refractivity contribution in [2.75, 3.05) is 31.9 Å². The van der Waals surface area contributed by atoms with Gasteiger partial charge in [0.15, 0.2) is 15.8 Å². The number of nitrogens with zero attached hydrogens (tertiary/aromatic N) is 1. The van der Waals surface area contributed by atoms with Crippen molar-refractivity contribution in [3.05, 3.63) is 35.9 Å². The zero-order chi connectivity index (χ0) is 19.5. The highest BCUT2D eigenvalue weighted by atomic mass is 127. The first-order chi connectivity index (χ1) is 13.0. The Morgan fingerprint density at radius 1 is 1.11 bits per heavy atom. The first kappa shape index (κ1) is 24.7. The minimum Gasteiger partial charge on any atom is -0.357 e. The van der Waals surface area contributed by atoms with Crippen molar-refractivity contribution in [1.82, 2.24) is 16.0 Å². The van der Waals surface area contributed by atoms with Gasteiger partial charge in [0.2, 0.25) is 5.91 Å². The van der Waals surface area contributed by atoms with E-state index in [-0.39, 0.29) is 47.3 Å². The van der Waals surface area contributed by atoms with Crippen LogP contribution in [0.25, 0.3) is 0 Å². The van der Waals surface area contributed by atoms with E-state index in [2.05, 4.69) is 20.9 Å². The minimum atomic E-state index is -3.14. The second-order valence-electron chi connectivity index (χ2n) is 6.68. The first-order valence-corrected chi connectivity index (χ1v) is 11.4. The lowest BCUT2D eigenvalue weighted by molar-refractivity contribution is -0.122. The van der Waals surface area contributed by atoms with Crippen LogP contribution < -0.4 is 16.0 Å².